The number of piperidine rings is 1. The van der Waals surface area contributed by atoms with Crippen LogP contribution in [0.1, 0.15) is 30.0 Å². The molecule has 2 aliphatic rings. The third-order valence-electron chi connectivity index (χ3n) is 5.42. The number of hydrogen-bond donors (Lipinski definition) is 0. The maximum Gasteiger partial charge on any atom is 0.245 e. The summed E-state index contributed by atoms with van der Waals surface area (Å²) in [5.41, 5.74) is 1.47. The van der Waals surface area contributed by atoms with Crippen molar-refractivity contribution in [3.8, 4) is 0 Å². The smallest absolute Gasteiger partial charge is 0.245 e. The van der Waals surface area contributed by atoms with Crippen LogP contribution >= 0.6 is 11.3 Å². The third kappa shape index (κ3) is 3.71. The van der Waals surface area contributed by atoms with Crippen LogP contribution in [-0.2, 0) is 16.1 Å². The zero-order valence-electron chi connectivity index (χ0n) is 14.7. The van der Waals surface area contributed by atoms with E-state index in [4.69, 9.17) is 4.74 Å². The van der Waals surface area contributed by atoms with Gasteiger partial charge in [0.1, 0.15) is 0 Å². The van der Waals surface area contributed by atoms with Crippen molar-refractivity contribution in [3.63, 3.8) is 0 Å². The molecule has 0 N–H and O–H groups in total. The van der Waals surface area contributed by atoms with Gasteiger partial charge in [-0.25, -0.2) is 4.98 Å². The molecule has 1 unspecified atom stereocenters. The number of ether oxygens (including phenoxy) is 1. The molecule has 6 heteroatoms. The summed E-state index contributed by atoms with van der Waals surface area (Å²) in [6, 6.07) is 0.443. The van der Waals surface area contributed by atoms with E-state index < -0.39 is 0 Å². The minimum Gasteiger partial charge on any atom is -0.383 e. The van der Waals surface area contributed by atoms with E-state index in [0.717, 1.165) is 62.7 Å². The van der Waals surface area contributed by atoms with E-state index in [2.05, 4.69) is 28.8 Å². The first-order chi connectivity index (χ1) is 11.5. The first-order valence-electron chi connectivity index (χ1n) is 8.60. The number of methoxy groups -OCH3 is 1. The van der Waals surface area contributed by atoms with Gasteiger partial charge >= 0.3 is 0 Å². The molecule has 0 aliphatic carbocycles. The highest BCUT2D eigenvalue weighted by Crippen LogP contribution is 2.44. The van der Waals surface area contributed by atoms with Crippen LogP contribution in [0.2, 0.25) is 0 Å². The molecule has 1 atom stereocenters. The van der Waals surface area contributed by atoms with Gasteiger partial charge in [-0.05, 0) is 37.7 Å². The summed E-state index contributed by atoms with van der Waals surface area (Å²) < 4.78 is 5.47. The van der Waals surface area contributed by atoms with Crippen LogP contribution < -0.4 is 0 Å². The van der Waals surface area contributed by atoms with E-state index in [0.29, 0.717) is 11.5 Å². The van der Waals surface area contributed by atoms with Crippen molar-refractivity contribution in [3.05, 3.63) is 28.7 Å². The molecule has 3 rings (SSSR count). The SMILES string of the molecule is C=CC(=O)N1CCC2(CC1)CC(COC)N(Cc1csc(C)n1)C2. The van der Waals surface area contributed by atoms with Crippen molar-refractivity contribution < 1.29 is 9.53 Å². The van der Waals surface area contributed by atoms with Gasteiger partial charge in [0, 0.05) is 44.7 Å². The maximum absolute atomic E-state index is 11.8. The van der Waals surface area contributed by atoms with Crippen LogP contribution in [0.3, 0.4) is 0 Å². The van der Waals surface area contributed by atoms with Gasteiger partial charge in [0.2, 0.25) is 5.91 Å². The van der Waals surface area contributed by atoms with Crippen molar-refractivity contribution >= 4 is 17.2 Å². The molecular weight excluding hydrogens is 322 g/mol. The fraction of sp³-hybridized carbons (Fsp3) is 0.667. The normalized spacial score (nSPS) is 23.8. The summed E-state index contributed by atoms with van der Waals surface area (Å²) >= 11 is 1.71. The number of rotatable bonds is 5. The summed E-state index contributed by atoms with van der Waals surface area (Å²) in [4.78, 5) is 20.9. The second-order valence-electron chi connectivity index (χ2n) is 7.11. The fourth-order valence-electron chi connectivity index (χ4n) is 4.18. The molecule has 2 aliphatic heterocycles. The van der Waals surface area contributed by atoms with Crippen molar-refractivity contribution in [2.24, 2.45) is 5.41 Å². The Balaban J connectivity index is 1.66. The number of aryl methyl sites for hydroxylation is 1. The molecule has 1 aromatic heterocycles. The molecule has 0 aromatic carbocycles. The topological polar surface area (TPSA) is 45.7 Å². The lowest BCUT2D eigenvalue weighted by atomic mass is 9.76. The number of aromatic nitrogens is 1. The zero-order valence-corrected chi connectivity index (χ0v) is 15.5. The molecule has 132 valence electrons. The van der Waals surface area contributed by atoms with Crippen molar-refractivity contribution in [2.75, 3.05) is 33.4 Å². The second-order valence-corrected chi connectivity index (χ2v) is 8.17. The average molecular weight is 350 g/mol. The molecule has 0 bridgehead atoms. The van der Waals surface area contributed by atoms with Crippen LogP contribution in [0.4, 0.5) is 0 Å². The van der Waals surface area contributed by atoms with Gasteiger partial charge in [0.05, 0.1) is 17.3 Å². The lowest BCUT2D eigenvalue weighted by molar-refractivity contribution is -0.128. The highest BCUT2D eigenvalue weighted by Gasteiger charge is 2.45. The van der Waals surface area contributed by atoms with Gasteiger partial charge in [-0.3, -0.25) is 9.69 Å². The molecule has 5 nitrogen and oxygen atoms in total. The van der Waals surface area contributed by atoms with Crippen LogP contribution in [-0.4, -0.2) is 60.1 Å². The molecule has 2 saturated heterocycles. The number of hydrogen-bond acceptors (Lipinski definition) is 5. The molecule has 3 heterocycles. The first kappa shape index (κ1) is 17.6. The van der Waals surface area contributed by atoms with Gasteiger partial charge in [0.25, 0.3) is 0 Å². The lowest BCUT2D eigenvalue weighted by Gasteiger charge is -2.39. The number of amides is 1. The Hall–Kier alpha value is -1.24. The molecule has 0 saturated carbocycles. The van der Waals surface area contributed by atoms with E-state index in [1.807, 2.05) is 4.90 Å². The number of carbonyl (C=O) groups is 1. The predicted molar refractivity (Wildman–Crippen MR) is 96.0 cm³/mol. The predicted octanol–water partition coefficient (Wildman–Crippen LogP) is 2.47. The summed E-state index contributed by atoms with van der Waals surface area (Å²) in [7, 11) is 1.78. The molecule has 1 aromatic rings. The quantitative estimate of drug-likeness (QED) is 0.766. The minimum absolute atomic E-state index is 0.0612. The minimum atomic E-state index is 0.0612. The van der Waals surface area contributed by atoms with Gasteiger partial charge in [-0.15, -0.1) is 11.3 Å². The summed E-state index contributed by atoms with van der Waals surface area (Å²) in [5.74, 6) is 0.0612. The number of thiazole rings is 1. The van der Waals surface area contributed by atoms with E-state index in [-0.39, 0.29) is 5.91 Å². The van der Waals surface area contributed by atoms with Crippen LogP contribution in [0, 0.1) is 12.3 Å². The van der Waals surface area contributed by atoms with Crippen LogP contribution in [0.15, 0.2) is 18.0 Å². The van der Waals surface area contributed by atoms with Crippen molar-refractivity contribution in [1.29, 1.82) is 0 Å². The lowest BCUT2D eigenvalue weighted by Crippen LogP contribution is -2.43. The molecule has 0 radical (unpaired) electrons. The molecule has 1 amide bonds. The Morgan fingerprint density at radius 3 is 2.88 bits per heavy atom. The molecule has 24 heavy (non-hydrogen) atoms. The Labute approximate surface area is 148 Å². The number of carbonyl (C=O) groups excluding carboxylic acids is 1. The van der Waals surface area contributed by atoms with Crippen LogP contribution in [0.5, 0.6) is 0 Å². The van der Waals surface area contributed by atoms with Gasteiger partial charge in [0.15, 0.2) is 0 Å². The van der Waals surface area contributed by atoms with Gasteiger partial charge < -0.3 is 9.64 Å². The third-order valence-corrected chi connectivity index (χ3v) is 6.25. The fourth-order valence-corrected chi connectivity index (χ4v) is 4.78. The monoisotopic (exact) mass is 349 g/mol. The average Bonchev–Trinajstić information content (AvgIpc) is 3.12. The summed E-state index contributed by atoms with van der Waals surface area (Å²) in [6.45, 7) is 10.1. The van der Waals surface area contributed by atoms with Crippen molar-refractivity contribution in [1.82, 2.24) is 14.8 Å². The highest BCUT2D eigenvalue weighted by atomic mass is 32.1. The molecule has 1 spiro atoms. The summed E-state index contributed by atoms with van der Waals surface area (Å²) in [6.07, 6.45) is 4.72. The Morgan fingerprint density at radius 1 is 1.54 bits per heavy atom. The zero-order chi connectivity index (χ0) is 17.2. The van der Waals surface area contributed by atoms with Crippen LogP contribution in [0.25, 0.3) is 0 Å². The van der Waals surface area contributed by atoms with E-state index >= 15 is 0 Å². The first-order valence-corrected chi connectivity index (χ1v) is 9.48. The largest absolute Gasteiger partial charge is 0.383 e. The van der Waals surface area contributed by atoms with E-state index in [9.17, 15) is 4.79 Å². The molecule has 2 fully saturated rings. The van der Waals surface area contributed by atoms with Crippen molar-refractivity contribution in [2.45, 2.75) is 38.8 Å². The van der Waals surface area contributed by atoms with Gasteiger partial charge in [-0.2, -0.15) is 0 Å². The highest BCUT2D eigenvalue weighted by molar-refractivity contribution is 7.09. The van der Waals surface area contributed by atoms with Gasteiger partial charge in [-0.1, -0.05) is 6.58 Å². The van der Waals surface area contributed by atoms with E-state index in [1.165, 1.54) is 6.08 Å². The Bertz CT molecular complexity index is 593. The number of likely N-dealkylation sites (tertiary alicyclic amines) is 2. The standard InChI is InChI=1S/C18H27N3O2S/c1-4-17(22)20-7-5-18(6-8-20)9-16(11-23-3)21(13-18)10-15-12-24-14(2)19-15/h4,12,16H,1,5-11,13H2,2-3H3. The second kappa shape index (κ2) is 7.33. The van der Waals surface area contributed by atoms with E-state index in [1.54, 1.807) is 18.4 Å². The molecular formula is C18H27N3O2S. The summed E-state index contributed by atoms with van der Waals surface area (Å²) in [5, 5.41) is 3.29. The Kier molecular flexibility index (Phi) is 5.37. The maximum atomic E-state index is 11.8. The number of nitrogens with zero attached hydrogens (tertiary/aromatic N) is 3. The Morgan fingerprint density at radius 2 is 2.29 bits per heavy atom.